The molecule has 1 amide bonds. The molecule has 0 saturated heterocycles. The summed E-state index contributed by atoms with van der Waals surface area (Å²) in [5.74, 6) is -0.862. The van der Waals surface area contributed by atoms with Crippen molar-refractivity contribution in [1.82, 2.24) is 4.90 Å². The number of carbonyl (C=O) groups is 2. The van der Waals surface area contributed by atoms with Gasteiger partial charge in [-0.2, -0.15) is 0 Å². The Morgan fingerprint density at radius 1 is 1.35 bits per heavy atom. The van der Waals surface area contributed by atoms with E-state index in [0.29, 0.717) is 17.9 Å². The van der Waals surface area contributed by atoms with E-state index in [2.05, 4.69) is 0 Å². The number of ether oxygens (including phenoxy) is 1. The predicted octanol–water partition coefficient (Wildman–Crippen LogP) is 3.03. The van der Waals surface area contributed by atoms with Crippen molar-refractivity contribution in [2.75, 3.05) is 13.7 Å². The van der Waals surface area contributed by atoms with Gasteiger partial charge < -0.3 is 14.7 Å². The highest BCUT2D eigenvalue weighted by Gasteiger charge is 2.44. The summed E-state index contributed by atoms with van der Waals surface area (Å²) in [6, 6.07) is 6.67. The molecule has 124 valence electrons. The smallest absolute Gasteiger partial charge is 0.290 e. The fourth-order valence-electron chi connectivity index (χ4n) is 2.90. The van der Waals surface area contributed by atoms with Crippen LogP contribution in [-0.4, -0.2) is 35.4 Å². The van der Waals surface area contributed by atoms with Gasteiger partial charge in [0.1, 0.15) is 5.75 Å². The van der Waals surface area contributed by atoms with Gasteiger partial charge in [-0.3, -0.25) is 9.59 Å². The maximum absolute atomic E-state index is 12.6. The number of ketones is 1. The minimum Gasteiger partial charge on any atom is -0.503 e. The molecule has 0 aliphatic carbocycles. The van der Waals surface area contributed by atoms with Crippen LogP contribution in [0.5, 0.6) is 5.75 Å². The van der Waals surface area contributed by atoms with Crippen molar-refractivity contribution < 1.29 is 19.4 Å². The summed E-state index contributed by atoms with van der Waals surface area (Å²) in [6.45, 7) is 5.93. The van der Waals surface area contributed by atoms with Gasteiger partial charge in [-0.25, -0.2) is 0 Å². The molecule has 1 aromatic carbocycles. The zero-order valence-corrected chi connectivity index (χ0v) is 14.0. The van der Waals surface area contributed by atoms with Crippen molar-refractivity contribution in [2.45, 2.75) is 33.2 Å². The Hall–Kier alpha value is -2.30. The van der Waals surface area contributed by atoms with E-state index in [-0.39, 0.29) is 17.3 Å². The predicted molar refractivity (Wildman–Crippen MR) is 87.2 cm³/mol. The zero-order valence-electron chi connectivity index (χ0n) is 14.0. The molecule has 0 spiro atoms. The number of benzene rings is 1. The molecule has 5 nitrogen and oxygen atoms in total. The van der Waals surface area contributed by atoms with Crippen molar-refractivity contribution in [2.24, 2.45) is 5.92 Å². The molecule has 1 N–H and O–H groups in total. The van der Waals surface area contributed by atoms with Gasteiger partial charge in [0.25, 0.3) is 5.91 Å². The Morgan fingerprint density at radius 2 is 2.00 bits per heavy atom. The van der Waals surface area contributed by atoms with Crippen molar-refractivity contribution in [3.05, 3.63) is 41.2 Å². The third-order valence-electron chi connectivity index (χ3n) is 3.99. The third-order valence-corrected chi connectivity index (χ3v) is 3.99. The number of rotatable bonds is 6. The van der Waals surface area contributed by atoms with Gasteiger partial charge in [-0.05, 0) is 12.5 Å². The minimum absolute atomic E-state index is 0.169. The first-order valence-electron chi connectivity index (χ1n) is 7.85. The van der Waals surface area contributed by atoms with E-state index in [9.17, 15) is 14.7 Å². The number of hydrogen-bond donors (Lipinski definition) is 1. The highest BCUT2D eigenvalue weighted by Crippen LogP contribution is 2.42. The summed E-state index contributed by atoms with van der Waals surface area (Å²) in [4.78, 5) is 26.6. The van der Waals surface area contributed by atoms with E-state index in [1.54, 1.807) is 31.9 Å². The van der Waals surface area contributed by atoms with Crippen LogP contribution >= 0.6 is 0 Å². The summed E-state index contributed by atoms with van der Waals surface area (Å²) < 4.78 is 5.39. The zero-order chi connectivity index (χ0) is 17.1. The summed E-state index contributed by atoms with van der Waals surface area (Å²) in [5.41, 5.74) is 0.882. The van der Waals surface area contributed by atoms with Gasteiger partial charge in [0, 0.05) is 18.0 Å². The second-order valence-corrected chi connectivity index (χ2v) is 5.92. The molecule has 23 heavy (non-hydrogen) atoms. The van der Waals surface area contributed by atoms with Crippen LogP contribution in [-0.2, 0) is 9.59 Å². The molecule has 0 fully saturated rings. The SMILES string of the molecule is CCCN1C(=O)C(O)=C(C(=O)C(C)C)C1c1ccccc1OC. The Bertz CT molecular complexity index is 648. The number of methoxy groups -OCH3 is 1. The molecular formula is C18H23NO4. The van der Waals surface area contributed by atoms with Crippen LogP contribution in [0.2, 0.25) is 0 Å². The first-order chi connectivity index (χ1) is 10.9. The lowest BCUT2D eigenvalue weighted by atomic mass is 9.91. The van der Waals surface area contributed by atoms with Crippen molar-refractivity contribution >= 4 is 11.7 Å². The Morgan fingerprint density at radius 3 is 2.57 bits per heavy atom. The monoisotopic (exact) mass is 317 g/mol. The lowest BCUT2D eigenvalue weighted by molar-refractivity contribution is -0.129. The number of carbonyl (C=O) groups excluding carboxylic acids is 2. The van der Waals surface area contributed by atoms with Crippen molar-refractivity contribution in [1.29, 1.82) is 0 Å². The van der Waals surface area contributed by atoms with Crippen LogP contribution in [0.4, 0.5) is 0 Å². The summed E-state index contributed by atoms with van der Waals surface area (Å²) in [6.07, 6.45) is 0.730. The summed E-state index contributed by atoms with van der Waals surface area (Å²) in [7, 11) is 1.55. The molecule has 2 rings (SSSR count). The topological polar surface area (TPSA) is 66.8 Å². The second kappa shape index (κ2) is 6.86. The molecule has 1 heterocycles. The normalized spacial score (nSPS) is 18.0. The molecule has 1 aromatic rings. The van der Waals surface area contributed by atoms with E-state index in [4.69, 9.17) is 4.74 Å². The highest BCUT2D eigenvalue weighted by molar-refractivity contribution is 6.09. The highest BCUT2D eigenvalue weighted by atomic mass is 16.5. The van der Waals surface area contributed by atoms with Gasteiger partial charge in [-0.15, -0.1) is 0 Å². The minimum atomic E-state index is -0.603. The molecule has 0 radical (unpaired) electrons. The number of aliphatic hydroxyl groups excluding tert-OH is 1. The summed E-state index contributed by atoms with van der Waals surface area (Å²) in [5, 5.41) is 10.3. The molecule has 0 aromatic heterocycles. The Kier molecular flexibility index (Phi) is 5.08. The number of Topliss-reactive ketones (excluding diaryl/α,β-unsaturated/α-hetero) is 1. The first-order valence-corrected chi connectivity index (χ1v) is 7.85. The third kappa shape index (κ3) is 2.96. The molecule has 0 saturated carbocycles. The van der Waals surface area contributed by atoms with Gasteiger partial charge in [0.15, 0.2) is 11.5 Å². The number of para-hydroxylation sites is 1. The number of amides is 1. The van der Waals surface area contributed by atoms with Gasteiger partial charge in [-0.1, -0.05) is 39.0 Å². The molecule has 1 atom stereocenters. The average Bonchev–Trinajstić information content (AvgIpc) is 2.79. The molecule has 1 aliphatic rings. The average molecular weight is 317 g/mol. The summed E-state index contributed by atoms with van der Waals surface area (Å²) >= 11 is 0. The fraction of sp³-hybridized carbons (Fsp3) is 0.444. The molecule has 5 heteroatoms. The van der Waals surface area contributed by atoms with Gasteiger partial charge in [0.05, 0.1) is 18.7 Å². The van der Waals surface area contributed by atoms with E-state index in [1.807, 2.05) is 25.1 Å². The Balaban J connectivity index is 2.62. The van der Waals surface area contributed by atoms with Crippen molar-refractivity contribution in [3.63, 3.8) is 0 Å². The van der Waals surface area contributed by atoms with E-state index in [0.717, 1.165) is 6.42 Å². The van der Waals surface area contributed by atoms with Crippen LogP contribution in [0.1, 0.15) is 38.8 Å². The van der Waals surface area contributed by atoms with Crippen LogP contribution in [0.15, 0.2) is 35.6 Å². The molecule has 1 unspecified atom stereocenters. The first kappa shape index (κ1) is 17.1. The number of nitrogens with zero attached hydrogens (tertiary/aromatic N) is 1. The fourth-order valence-corrected chi connectivity index (χ4v) is 2.90. The molecule has 0 bridgehead atoms. The maximum Gasteiger partial charge on any atom is 0.290 e. The van der Waals surface area contributed by atoms with Crippen molar-refractivity contribution in [3.8, 4) is 5.75 Å². The van der Waals surface area contributed by atoms with Crippen LogP contribution < -0.4 is 4.74 Å². The largest absolute Gasteiger partial charge is 0.503 e. The van der Waals surface area contributed by atoms with Crippen LogP contribution in [0.3, 0.4) is 0 Å². The van der Waals surface area contributed by atoms with E-state index < -0.39 is 17.7 Å². The Labute approximate surface area is 136 Å². The maximum atomic E-state index is 12.6. The molecule has 1 aliphatic heterocycles. The van der Waals surface area contributed by atoms with Crippen LogP contribution in [0.25, 0.3) is 0 Å². The van der Waals surface area contributed by atoms with E-state index >= 15 is 0 Å². The number of aliphatic hydroxyl groups is 1. The second-order valence-electron chi connectivity index (χ2n) is 5.92. The quantitative estimate of drug-likeness (QED) is 0.876. The van der Waals surface area contributed by atoms with Gasteiger partial charge in [0.2, 0.25) is 0 Å². The standard InChI is InChI=1S/C18H23NO4/c1-5-10-19-15(12-8-6-7-9-13(12)23-4)14(16(20)11(2)3)17(21)18(19)22/h6-9,11,15,21H,5,10H2,1-4H3. The van der Waals surface area contributed by atoms with E-state index in [1.165, 1.54) is 0 Å². The lowest BCUT2D eigenvalue weighted by Gasteiger charge is -2.28. The van der Waals surface area contributed by atoms with Crippen LogP contribution in [0, 0.1) is 5.92 Å². The van der Waals surface area contributed by atoms with Gasteiger partial charge >= 0.3 is 0 Å². The number of hydrogen-bond acceptors (Lipinski definition) is 4. The lowest BCUT2D eigenvalue weighted by Crippen LogP contribution is -2.32. The molecular weight excluding hydrogens is 294 g/mol.